The van der Waals surface area contributed by atoms with Crippen molar-refractivity contribution >= 4 is 12.0 Å². The molecule has 2 heterocycles. The van der Waals surface area contributed by atoms with Crippen molar-refractivity contribution in [3.63, 3.8) is 0 Å². The molecular formula is C15H18N2O3. The lowest BCUT2D eigenvalue weighted by Gasteiger charge is -2.46. The third-order valence-electron chi connectivity index (χ3n) is 4.11. The third-order valence-corrected chi connectivity index (χ3v) is 4.11. The molecule has 2 aliphatic rings. The normalized spacial score (nSPS) is 25.0. The van der Waals surface area contributed by atoms with Crippen LogP contribution in [-0.4, -0.2) is 36.5 Å². The van der Waals surface area contributed by atoms with Crippen molar-refractivity contribution in [2.75, 3.05) is 19.6 Å². The summed E-state index contributed by atoms with van der Waals surface area (Å²) in [6.45, 7) is 2.10. The highest BCUT2D eigenvalue weighted by molar-refractivity contribution is 5.89. The van der Waals surface area contributed by atoms with Crippen LogP contribution in [0.4, 0.5) is 4.79 Å². The highest BCUT2D eigenvalue weighted by Gasteiger charge is 2.49. The van der Waals surface area contributed by atoms with Crippen molar-refractivity contribution in [2.45, 2.75) is 19.4 Å². The number of nitrogens with one attached hydrogen (secondary N) is 1. The van der Waals surface area contributed by atoms with Gasteiger partial charge in [-0.1, -0.05) is 30.3 Å². The first-order valence-corrected chi connectivity index (χ1v) is 6.94. The molecule has 0 saturated carbocycles. The highest BCUT2D eigenvalue weighted by Crippen LogP contribution is 2.34. The zero-order valence-electron chi connectivity index (χ0n) is 11.3. The molecule has 2 saturated heterocycles. The maximum absolute atomic E-state index is 12.1. The largest absolute Gasteiger partial charge is 0.445 e. The number of piperidine rings is 1. The van der Waals surface area contributed by atoms with Crippen molar-refractivity contribution in [3.05, 3.63) is 35.9 Å². The van der Waals surface area contributed by atoms with E-state index in [0.717, 1.165) is 18.4 Å². The molecular weight excluding hydrogens is 256 g/mol. The van der Waals surface area contributed by atoms with Gasteiger partial charge in [-0.15, -0.1) is 0 Å². The Bertz CT molecular complexity index is 517. The number of hydrogen-bond acceptors (Lipinski definition) is 3. The molecule has 0 aromatic heterocycles. The molecule has 2 amide bonds. The zero-order chi connectivity index (χ0) is 14.0. The number of carbonyl (C=O) groups excluding carboxylic acids is 2. The van der Waals surface area contributed by atoms with Gasteiger partial charge < -0.3 is 15.0 Å². The van der Waals surface area contributed by atoms with E-state index in [4.69, 9.17) is 4.74 Å². The van der Waals surface area contributed by atoms with Crippen LogP contribution in [0.15, 0.2) is 30.3 Å². The number of nitrogens with zero attached hydrogens (tertiary/aromatic N) is 1. The third kappa shape index (κ3) is 2.35. The van der Waals surface area contributed by atoms with E-state index in [-0.39, 0.29) is 24.0 Å². The summed E-state index contributed by atoms with van der Waals surface area (Å²) in [6, 6.07) is 9.60. The SMILES string of the molecule is O=C(OCc1ccccc1)N1CCCC2(CNC2=O)C1. The van der Waals surface area contributed by atoms with Crippen LogP contribution in [0.1, 0.15) is 18.4 Å². The molecule has 5 heteroatoms. The quantitative estimate of drug-likeness (QED) is 0.832. The van der Waals surface area contributed by atoms with Gasteiger partial charge in [-0.3, -0.25) is 4.79 Å². The van der Waals surface area contributed by atoms with E-state index in [1.165, 1.54) is 0 Å². The summed E-state index contributed by atoms with van der Waals surface area (Å²) >= 11 is 0. The lowest BCUT2D eigenvalue weighted by atomic mass is 9.74. The first kappa shape index (κ1) is 13.0. The number of carbonyl (C=O) groups is 2. The van der Waals surface area contributed by atoms with Crippen molar-refractivity contribution in [1.29, 1.82) is 0 Å². The lowest BCUT2D eigenvalue weighted by Crippen LogP contribution is -2.65. The number of β-lactam (4-membered cyclic amide) rings is 1. The van der Waals surface area contributed by atoms with Gasteiger partial charge in [0.2, 0.25) is 5.91 Å². The number of rotatable bonds is 2. The minimum absolute atomic E-state index is 0.0676. The van der Waals surface area contributed by atoms with E-state index in [1.807, 2.05) is 30.3 Å². The Labute approximate surface area is 117 Å². The summed E-state index contributed by atoms with van der Waals surface area (Å²) in [5, 5.41) is 2.77. The molecule has 0 radical (unpaired) electrons. The van der Waals surface area contributed by atoms with Gasteiger partial charge in [-0.05, 0) is 18.4 Å². The molecule has 1 aromatic rings. The zero-order valence-corrected chi connectivity index (χ0v) is 11.3. The Balaban J connectivity index is 1.56. The molecule has 20 heavy (non-hydrogen) atoms. The molecule has 1 aromatic carbocycles. The maximum Gasteiger partial charge on any atom is 0.410 e. The summed E-state index contributed by atoms with van der Waals surface area (Å²) in [5.41, 5.74) is 0.610. The Kier molecular flexibility index (Phi) is 3.34. The van der Waals surface area contributed by atoms with Crippen LogP contribution in [0, 0.1) is 5.41 Å². The van der Waals surface area contributed by atoms with Crippen LogP contribution in [0.2, 0.25) is 0 Å². The van der Waals surface area contributed by atoms with Crippen LogP contribution in [0.5, 0.6) is 0 Å². The first-order chi connectivity index (χ1) is 9.70. The summed E-state index contributed by atoms with van der Waals surface area (Å²) < 4.78 is 5.32. The predicted octanol–water partition coefficient (Wildman–Crippen LogP) is 1.54. The van der Waals surface area contributed by atoms with Gasteiger partial charge in [-0.25, -0.2) is 4.79 Å². The lowest BCUT2D eigenvalue weighted by molar-refractivity contribution is -0.143. The van der Waals surface area contributed by atoms with Gasteiger partial charge in [0.05, 0.1) is 5.41 Å². The van der Waals surface area contributed by atoms with Crippen molar-refractivity contribution in [2.24, 2.45) is 5.41 Å². The van der Waals surface area contributed by atoms with E-state index >= 15 is 0 Å². The standard InChI is InChI=1S/C15H18N2O3/c18-13-15(10-16-13)7-4-8-17(11-15)14(19)20-9-12-5-2-1-3-6-12/h1-3,5-6H,4,7-11H2,(H,16,18). The molecule has 2 fully saturated rings. The summed E-state index contributed by atoms with van der Waals surface area (Å²) in [6.07, 6.45) is 1.39. The molecule has 5 nitrogen and oxygen atoms in total. The monoisotopic (exact) mass is 274 g/mol. The second kappa shape index (κ2) is 5.15. The fraction of sp³-hybridized carbons (Fsp3) is 0.467. The van der Waals surface area contributed by atoms with Gasteiger partial charge in [0.1, 0.15) is 6.61 Å². The smallest absolute Gasteiger partial charge is 0.410 e. The first-order valence-electron chi connectivity index (χ1n) is 6.94. The van der Waals surface area contributed by atoms with Crippen LogP contribution in [-0.2, 0) is 16.1 Å². The minimum atomic E-state index is -0.357. The number of amides is 2. The topological polar surface area (TPSA) is 58.6 Å². The van der Waals surface area contributed by atoms with Gasteiger partial charge in [-0.2, -0.15) is 0 Å². The van der Waals surface area contributed by atoms with Gasteiger partial charge in [0, 0.05) is 19.6 Å². The van der Waals surface area contributed by atoms with Crippen molar-refractivity contribution < 1.29 is 14.3 Å². The number of likely N-dealkylation sites (tertiary alicyclic amines) is 1. The average molecular weight is 274 g/mol. The fourth-order valence-electron chi connectivity index (χ4n) is 2.84. The highest BCUT2D eigenvalue weighted by atomic mass is 16.6. The molecule has 1 N–H and O–H groups in total. The Morgan fingerprint density at radius 2 is 2.15 bits per heavy atom. The molecule has 1 atom stereocenters. The Hall–Kier alpha value is -2.04. The number of hydrogen-bond donors (Lipinski definition) is 1. The van der Waals surface area contributed by atoms with Crippen molar-refractivity contribution in [1.82, 2.24) is 10.2 Å². The Morgan fingerprint density at radius 1 is 1.35 bits per heavy atom. The van der Waals surface area contributed by atoms with Crippen molar-refractivity contribution in [3.8, 4) is 0 Å². The molecule has 2 aliphatic heterocycles. The van der Waals surface area contributed by atoms with E-state index in [0.29, 0.717) is 19.6 Å². The summed E-state index contributed by atoms with van der Waals surface area (Å²) in [5.74, 6) is 0.0676. The summed E-state index contributed by atoms with van der Waals surface area (Å²) in [7, 11) is 0. The predicted molar refractivity (Wildman–Crippen MR) is 72.9 cm³/mol. The minimum Gasteiger partial charge on any atom is -0.445 e. The molecule has 1 unspecified atom stereocenters. The van der Waals surface area contributed by atoms with Crippen LogP contribution >= 0.6 is 0 Å². The van der Waals surface area contributed by atoms with Gasteiger partial charge >= 0.3 is 6.09 Å². The second-order valence-electron chi connectivity index (χ2n) is 5.53. The molecule has 3 rings (SSSR count). The molecule has 0 aliphatic carbocycles. The second-order valence-corrected chi connectivity index (χ2v) is 5.53. The maximum atomic E-state index is 12.1. The van der Waals surface area contributed by atoms with Crippen LogP contribution in [0.3, 0.4) is 0 Å². The molecule has 1 spiro atoms. The fourth-order valence-corrected chi connectivity index (χ4v) is 2.84. The van der Waals surface area contributed by atoms with E-state index in [2.05, 4.69) is 5.32 Å². The Morgan fingerprint density at radius 3 is 2.80 bits per heavy atom. The van der Waals surface area contributed by atoms with Crippen LogP contribution in [0.25, 0.3) is 0 Å². The van der Waals surface area contributed by atoms with Crippen LogP contribution < -0.4 is 5.32 Å². The van der Waals surface area contributed by atoms with E-state index in [9.17, 15) is 9.59 Å². The summed E-state index contributed by atoms with van der Waals surface area (Å²) in [4.78, 5) is 25.4. The van der Waals surface area contributed by atoms with E-state index in [1.54, 1.807) is 4.90 Å². The number of benzene rings is 1. The molecule has 106 valence electrons. The molecule has 0 bridgehead atoms. The average Bonchev–Trinajstić information content (AvgIpc) is 2.52. The number of ether oxygens (including phenoxy) is 1. The van der Waals surface area contributed by atoms with E-state index < -0.39 is 0 Å². The van der Waals surface area contributed by atoms with Gasteiger partial charge in [0.15, 0.2) is 0 Å². The van der Waals surface area contributed by atoms with Gasteiger partial charge in [0.25, 0.3) is 0 Å².